The van der Waals surface area contributed by atoms with Crippen molar-refractivity contribution >= 4 is 30.7 Å². The summed E-state index contributed by atoms with van der Waals surface area (Å²) in [7, 11) is 1.65. The van der Waals surface area contributed by atoms with Crippen molar-refractivity contribution in [3.05, 3.63) is 35.4 Å². The highest BCUT2D eigenvalue weighted by Gasteiger charge is 2.23. The van der Waals surface area contributed by atoms with Gasteiger partial charge in [0.05, 0.1) is 32.4 Å². The highest BCUT2D eigenvalue weighted by atomic mass is 35.5. The van der Waals surface area contributed by atoms with Crippen LogP contribution in [-0.4, -0.2) is 70.5 Å². The van der Waals surface area contributed by atoms with Crippen LogP contribution in [0.15, 0.2) is 24.3 Å². The Bertz CT molecular complexity index is 497. The molecule has 1 saturated heterocycles. The van der Waals surface area contributed by atoms with E-state index >= 15 is 0 Å². The van der Waals surface area contributed by atoms with E-state index in [1.54, 1.807) is 7.11 Å². The summed E-state index contributed by atoms with van der Waals surface area (Å²) in [6.07, 6.45) is 0. The molecule has 0 aromatic heterocycles. The van der Waals surface area contributed by atoms with Crippen molar-refractivity contribution in [2.24, 2.45) is 0 Å². The number of morpholine rings is 1. The Balaban J connectivity index is 0.00000312. The minimum Gasteiger partial charge on any atom is -0.383 e. The zero-order valence-electron chi connectivity index (χ0n) is 15.5. The van der Waals surface area contributed by atoms with Crippen LogP contribution in [0.5, 0.6) is 0 Å². The van der Waals surface area contributed by atoms with Crippen LogP contribution in [0.1, 0.15) is 17.2 Å². The van der Waals surface area contributed by atoms with Gasteiger partial charge in [-0.15, -0.1) is 24.8 Å². The van der Waals surface area contributed by atoms with Crippen LogP contribution >= 0.6 is 24.8 Å². The van der Waals surface area contributed by atoms with Crippen molar-refractivity contribution in [2.45, 2.75) is 13.0 Å². The van der Waals surface area contributed by atoms with Crippen molar-refractivity contribution in [1.82, 2.24) is 15.5 Å². The Hall–Kier alpha value is -0.890. The van der Waals surface area contributed by atoms with Gasteiger partial charge in [-0.05, 0) is 12.5 Å². The molecule has 6 nitrogen and oxygen atoms in total. The van der Waals surface area contributed by atoms with Gasteiger partial charge in [-0.2, -0.15) is 0 Å². The number of carbonyl (C=O) groups is 1. The lowest BCUT2D eigenvalue weighted by Crippen LogP contribution is -2.45. The Kier molecular flexibility index (Phi) is 13.7. The second-order valence-corrected chi connectivity index (χ2v) is 6.05. The van der Waals surface area contributed by atoms with E-state index in [4.69, 9.17) is 9.47 Å². The molecular weight excluding hydrogens is 377 g/mol. The van der Waals surface area contributed by atoms with Gasteiger partial charge in [0.2, 0.25) is 5.91 Å². The molecule has 1 aromatic rings. The predicted molar refractivity (Wildman–Crippen MR) is 109 cm³/mol. The van der Waals surface area contributed by atoms with Crippen LogP contribution in [0.2, 0.25) is 0 Å². The molecule has 0 radical (unpaired) electrons. The third kappa shape index (κ3) is 8.66. The zero-order chi connectivity index (χ0) is 17.2. The molecule has 1 fully saturated rings. The summed E-state index contributed by atoms with van der Waals surface area (Å²) in [5, 5.41) is 6.11. The Morgan fingerprint density at radius 1 is 1.23 bits per heavy atom. The topological polar surface area (TPSA) is 62.8 Å². The molecule has 1 atom stereocenters. The van der Waals surface area contributed by atoms with Gasteiger partial charge in [-0.3, -0.25) is 9.69 Å². The van der Waals surface area contributed by atoms with Crippen molar-refractivity contribution in [3.63, 3.8) is 0 Å². The Morgan fingerprint density at radius 3 is 2.50 bits per heavy atom. The quantitative estimate of drug-likeness (QED) is 0.608. The van der Waals surface area contributed by atoms with Gasteiger partial charge < -0.3 is 20.1 Å². The fraction of sp³-hybridized carbons (Fsp3) is 0.611. The van der Waals surface area contributed by atoms with Crippen LogP contribution in [0.4, 0.5) is 0 Å². The highest BCUT2D eigenvalue weighted by Crippen LogP contribution is 2.21. The SMILES string of the molecule is COCCNCC(=O)NCC(c1ccc(C)cc1)N1CCOCC1.Cl.Cl. The average Bonchev–Trinajstić information content (AvgIpc) is 2.61. The number of nitrogens with zero attached hydrogens (tertiary/aromatic N) is 1. The highest BCUT2D eigenvalue weighted by molar-refractivity contribution is 5.85. The van der Waals surface area contributed by atoms with Gasteiger partial charge in [-0.25, -0.2) is 0 Å². The molecule has 26 heavy (non-hydrogen) atoms. The van der Waals surface area contributed by atoms with Crippen molar-refractivity contribution in [3.8, 4) is 0 Å². The van der Waals surface area contributed by atoms with E-state index < -0.39 is 0 Å². The fourth-order valence-corrected chi connectivity index (χ4v) is 2.78. The van der Waals surface area contributed by atoms with Gasteiger partial charge >= 0.3 is 0 Å². The average molecular weight is 408 g/mol. The van der Waals surface area contributed by atoms with E-state index in [-0.39, 0.29) is 36.8 Å². The van der Waals surface area contributed by atoms with Gasteiger partial charge in [0.15, 0.2) is 0 Å². The number of amides is 1. The van der Waals surface area contributed by atoms with Crippen LogP contribution in [0.25, 0.3) is 0 Å². The number of methoxy groups -OCH3 is 1. The van der Waals surface area contributed by atoms with Gasteiger partial charge in [0.25, 0.3) is 0 Å². The van der Waals surface area contributed by atoms with Crippen molar-refractivity contribution in [1.29, 1.82) is 0 Å². The maximum absolute atomic E-state index is 12.0. The number of rotatable bonds is 9. The van der Waals surface area contributed by atoms with E-state index in [0.717, 1.165) is 26.3 Å². The molecule has 8 heteroatoms. The lowest BCUT2D eigenvalue weighted by molar-refractivity contribution is -0.120. The van der Waals surface area contributed by atoms with E-state index in [9.17, 15) is 4.79 Å². The summed E-state index contributed by atoms with van der Waals surface area (Å²) in [6.45, 7) is 7.55. The monoisotopic (exact) mass is 407 g/mol. The number of halogens is 2. The largest absolute Gasteiger partial charge is 0.383 e. The summed E-state index contributed by atoms with van der Waals surface area (Å²) in [4.78, 5) is 14.4. The molecule has 1 aromatic carbocycles. The molecule has 1 amide bonds. The fourth-order valence-electron chi connectivity index (χ4n) is 2.78. The van der Waals surface area contributed by atoms with Crippen LogP contribution < -0.4 is 10.6 Å². The predicted octanol–water partition coefficient (Wildman–Crippen LogP) is 1.56. The van der Waals surface area contributed by atoms with E-state index in [0.29, 0.717) is 26.2 Å². The van der Waals surface area contributed by atoms with E-state index in [1.807, 2.05) is 0 Å². The van der Waals surface area contributed by atoms with Crippen molar-refractivity contribution in [2.75, 3.05) is 59.7 Å². The van der Waals surface area contributed by atoms with Gasteiger partial charge in [0, 0.05) is 33.3 Å². The summed E-state index contributed by atoms with van der Waals surface area (Å²) >= 11 is 0. The van der Waals surface area contributed by atoms with Crippen LogP contribution in [0.3, 0.4) is 0 Å². The summed E-state index contributed by atoms with van der Waals surface area (Å²) in [6, 6.07) is 8.72. The molecule has 0 bridgehead atoms. The van der Waals surface area contributed by atoms with Crippen molar-refractivity contribution < 1.29 is 14.3 Å². The summed E-state index contributed by atoms with van der Waals surface area (Å²) in [5.74, 6) is 0.0106. The van der Waals surface area contributed by atoms with Crippen LogP contribution in [-0.2, 0) is 14.3 Å². The standard InChI is InChI=1S/C18H29N3O3.2ClH/c1-15-3-5-16(6-4-15)17(21-8-11-24-12-9-21)13-20-18(22)14-19-7-10-23-2;;/h3-6,17,19H,7-14H2,1-2H3,(H,20,22);2*1H. The van der Waals surface area contributed by atoms with Gasteiger partial charge in [0.1, 0.15) is 0 Å². The third-order valence-electron chi connectivity index (χ3n) is 4.21. The molecule has 2 rings (SSSR count). The molecule has 0 aliphatic carbocycles. The van der Waals surface area contributed by atoms with E-state index in [1.165, 1.54) is 11.1 Å². The number of nitrogens with one attached hydrogen (secondary N) is 2. The normalized spacial score (nSPS) is 15.5. The first-order valence-corrected chi connectivity index (χ1v) is 8.55. The molecule has 0 saturated carbocycles. The van der Waals surface area contributed by atoms with Gasteiger partial charge in [-0.1, -0.05) is 29.8 Å². The lowest BCUT2D eigenvalue weighted by Gasteiger charge is -2.35. The Labute approximate surface area is 168 Å². The number of ether oxygens (including phenoxy) is 2. The molecule has 1 unspecified atom stereocenters. The molecule has 1 aliphatic rings. The first-order valence-electron chi connectivity index (χ1n) is 8.55. The smallest absolute Gasteiger partial charge is 0.234 e. The molecule has 1 aliphatic heterocycles. The number of hydrogen-bond donors (Lipinski definition) is 2. The lowest BCUT2D eigenvalue weighted by atomic mass is 10.0. The molecule has 0 spiro atoms. The molecule has 150 valence electrons. The Morgan fingerprint density at radius 2 is 1.88 bits per heavy atom. The number of benzene rings is 1. The second-order valence-electron chi connectivity index (χ2n) is 6.05. The second kappa shape index (κ2) is 14.2. The number of aryl methyl sites for hydroxylation is 1. The minimum atomic E-state index is 0. The van der Waals surface area contributed by atoms with E-state index in [2.05, 4.69) is 46.7 Å². The number of hydrogen-bond acceptors (Lipinski definition) is 5. The van der Waals surface area contributed by atoms with Crippen LogP contribution in [0, 0.1) is 6.92 Å². The number of carbonyl (C=O) groups excluding carboxylic acids is 1. The first kappa shape index (κ1) is 25.1. The molecular formula is C18H31Cl2N3O3. The molecule has 2 N–H and O–H groups in total. The maximum Gasteiger partial charge on any atom is 0.234 e. The summed E-state index contributed by atoms with van der Waals surface area (Å²) < 4.78 is 10.4. The third-order valence-corrected chi connectivity index (χ3v) is 4.21. The first-order chi connectivity index (χ1) is 11.7. The summed E-state index contributed by atoms with van der Waals surface area (Å²) in [5.41, 5.74) is 2.47. The minimum absolute atomic E-state index is 0. The maximum atomic E-state index is 12.0. The zero-order valence-corrected chi connectivity index (χ0v) is 17.2. The molecule has 1 heterocycles.